The van der Waals surface area contributed by atoms with Gasteiger partial charge in [0.2, 0.25) is 0 Å². The summed E-state index contributed by atoms with van der Waals surface area (Å²) in [5, 5.41) is 0. The Balaban J connectivity index is 2.04. The van der Waals surface area contributed by atoms with Gasteiger partial charge in [-0.1, -0.05) is 0 Å². The summed E-state index contributed by atoms with van der Waals surface area (Å²) < 4.78 is 3.44. The molecule has 1 heteroatoms. The van der Waals surface area contributed by atoms with Crippen LogP contribution in [0.3, 0.4) is 0 Å². The van der Waals surface area contributed by atoms with E-state index in [1.54, 1.807) is 17.7 Å². The van der Waals surface area contributed by atoms with Gasteiger partial charge >= 0.3 is 91.9 Å². The minimum atomic E-state index is -0.399. The molecule has 0 fully saturated rings. The first kappa shape index (κ1) is 9.40. The predicted molar refractivity (Wildman–Crippen MR) is 52.9 cm³/mol. The van der Waals surface area contributed by atoms with E-state index >= 15 is 0 Å². The number of hydrogen-bond donors (Lipinski definition) is 0. The van der Waals surface area contributed by atoms with Crippen molar-refractivity contribution in [1.29, 1.82) is 0 Å². The Bertz CT molecular complexity index is 340. The molecule has 0 spiro atoms. The molecule has 0 aromatic rings. The van der Waals surface area contributed by atoms with E-state index in [2.05, 4.69) is 38.2 Å². The van der Waals surface area contributed by atoms with Crippen molar-refractivity contribution in [3.05, 3.63) is 42.0 Å². The zero-order valence-corrected chi connectivity index (χ0v) is 10.7. The SMILES string of the molecule is CC1=C(C)[C]([Zr][C]2=CC=CC2)=CC1. The molecule has 2 aliphatic carbocycles. The van der Waals surface area contributed by atoms with E-state index in [4.69, 9.17) is 0 Å². The maximum absolute atomic E-state index is 2.45. The second kappa shape index (κ2) is 3.92. The Kier molecular flexibility index (Phi) is 2.84. The summed E-state index contributed by atoms with van der Waals surface area (Å²) >= 11 is -0.399. The van der Waals surface area contributed by atoms with Crippen LogP contribution in [0, 0.1) is 0 Å². The molecule has 66 valence electrons. The van der Waals surface area contributed by atoms with Crippen molar-refractivity contribution >= 4 is 0 Å². The van der Waals surface area contributed by atoms with Crippen molar-refractivity contribution in [2.45, 2.75) is 26.7 Å². The fourth-order valence-corrected chi connectivity index (χ4v) is 4.97. The molecule has 0 heterocycles. The van der Waals surface area contributed by atoms with Gasteiger partial charge in [-0.05, 0) is 0 Å². The monoisotopic (exact) mass is 248 g/mol. The summed E-state index contributed by atoms with van der Waals surface area (Å²) in [4.78, 5) is 0. The van der Waals surface area contributed by atoms with Crippen LogP contribution in [0.1, 0.15) is 26.7 Å². The van der Waals surface area contributed by atoms with Crippen LogP contribution >= 0.6 is 0 Å². The number of hydrogen-bond acceptors (Lipinski definition) is 0. The molecule has 0 aliphatic heterocycles. The number of rotatable bonds is 2. The standard InChI is InChI=1S/C7H9.C5H5.Zr/c1-6-4-3-5-7(6)2;1-2-4-5-3-1;/h3H,4H2,1-2H3;1-3H,4H2;. The van der Waals surface area contributed by atoms with Gasteiger partial charge in [0.15, 0.2) is 0 Å². The van der Waals surface area contributed by atoms with E-state index in [0.717, 1.165) is 0 Å². The van der Waals surface area contributed by atoms with E-state index in [9.17, 15) is 0 Å². The normalized spacial score (nSPS) is 20.8. The van der Waals surface area contributed by atoms with Crippen molar-refractivity contribution < 1.29 is 23.2 Å². The van der Waals surface area contributed by atoms with Crippen LogP contribution in [0.5, 0.6) is 0 Å². The fraction of sp³-hybridized carbons (Fsp3) is 0.333. The molecule has 0 aromatic carbocycles. The molecule has 13 heavy (non-hydrogen) atoms. The first-order chi connectivity index (χ1) is 6.27. The third-order valence-corrected chi connectivity index (χ3v) is 6.51. The van der Waals surface area contributed by atoms with Gasteiger partial charge in [-0.25, -0.2) is 0 Å². The van der Waals surface area contributed by atoms with Gasteiger partial charge in [0.1, 0.15) is 0 Å². The third kappa shape index (κ3) is 2.02. The average molecular weight is 249 g/mol. The van der Waals surface area contributed by atoms with Gasteiger partial charge in [0.25, 0.3) is 0 Å². The molecular formula is C12H14Zr. The Morgan fingerprint density at radius 3 is 2.62 bits per heavy atom. The molecule has 0 unspecified atom stereocenters. The van der Waals surface area contributed by atoms with Gasteiger partial charge in [-0.15, -0.1) is 0 Å². The molecule has 2 rings (SSSR count). The average Bonchev–Trinajstić information content (AvgIpc) is 2.71. The molecule has 0 saturated carbocycles. The fourth-order valence-electron chi connectivity index (χ4n) is 1.65. The molecule has 0 N–H and O–H groups in total. The molecule has 0 bridgehead atoms. The zero-order valence-electron chi connectivity index (χ0n) is 8.22. The summed E-state index contributed by atoms with van der Waals surface area (Å²) in [5.74, 6) is 0. The van der Waals surface area contributed by atoms with Crippen molar-refractivity contribution in [1.82, 2.24) is 0 Å². The molecular weight excluding hydrogens is 235 g/mol. The molecule has 2 aliphatic rings. The molecule has 0 amide bonds. The first-order valence-electron chi connectivity index (χ1n) is 4.77. The van der Waals surface area contributed by atoms with Crippen LogP contribution in [0.4, 0.5) is 0 Å². The minimum absolute atomic E-state index is 0.399. The summed E-state index contributed by atoms with van der Waals surface area (Å²) in [7, 11) is 0. The van der Waals surface area contributed by atoms with Crippen molar-refractivity contribution in [2.75, 3.05) is 0 Å². The Morgan fingerprint density at radius 2 is 2.08 bits per heavy atom. The van der Waals surface area contributed by atoms with Crippen LogP contribution in [-0.4, -0.2) is 0 Å². The molecule has 0 aromatic heterocycles. The van der Waals surface area contributed by atoms with Gasteiger partial charge in [0, 0.05) is 0 Å². The summed E-state index contributed by atoms with van der Waals surface area (Å²) in [6.07, 6.45) is 11.7. The topological polar surface area (TPSA) is 0 Å². The second-order valence-electron chi connectivity index (χ2n) is 3.68. The summed E-state index contributed by atoms with van der Waals surface area (Å²) in [5.41, 5.74) is 3.18. The van der Waals surface area contributed by atoms with Gasteiger partial charge in [-0.3, -0.25) is 0 Å². The molecule has 0 atom stereocenters. The van der Waals surface area contributed by atoms with E-state index < -0.39 is 23.2 Å². The van der Waals surface area contributed by atoms with Crippen molar-refractivity contribution in [2.24, 2.45) is 0 Å². The quantitative estimate of drug-likeness (QED) is 0.702. The van der Waals surface area contributed by atoms with Crippen LogP contribution < -0.4 is 0 Å². The van der Waals surface area contributed by atoms with Crippen molar-refractivity contribution in [3.8, 4) is 0 Å². The summed E-state index contributed by atoms with van der Waals surface area (Å²) in [6, 6.07) is 0. The summed E-state index contributed by atoms with van der Waals surface area (Å²) in [6.45, 7) is 4.55. The van der Waals surface area contributed by atoms with Gasteiger partial charge in [0.05, 0.1) is 0 Å². The van der Waals surface area contributed by atoms with Crippen LogP contribution in [0.25, 0.3) is 0 Å². The second-order valence-corrected chi connectivity index (χ2v) is 7.19. The van der Waals surface area contributed by atoms with E-state index in [1.807, 2.05) is 0 Å². The molecule has 0 saturated heterocycles. The molecule has 0 nitrogen and oxygen atoms in total. The zero-order chi connectivity index (χ0) is 9.26. The van der Waals surface area contributed by atoms with Gasteiger partial charge < -0.3 is 0 Å². The van der Waals surface area contributed by atoms with E-state index in [1.165, 1.54) is 12.8 Å². The third-order valence-electron chi connectivity index (χ3n) is 2.72. The van der Waals surface area contributed by atoms with E-state index in [-0.39, 0.29) is 0 Å². The van der Waals surface area contributed by atoms with E-state index in [0.29, 0.717) is 0 Å². The Labute approximate surface area is 91.7 Å². The van der Waals surface area contributed by atoms with Crippen LogP contribution in [0.15, 0.2) is 42.0 Å². The van der Waals surface area contributed by atoms with Crippen LogP contribution in [-0.2, 0) is 23.2 Å². The van der Waals surface area contributed by atoms with Crippen LogP contribution in [0.2, 0.25) is 0 Å². The Morgan fingerprint density at radius 1 is 1.23 bits per heavy atom. The van der Waals surface area contributed by atoms with Gasteiger partial charge in [-0.2, -0.15) is 0 Å². The predicted octanol–water partition coefficient (Wildman–Crippen LogP) is 3.54. The molecule has 0 radical (unpaired) electrons. The van der Waals surface area contributed by atoms with Crippen molar-refractivity contribution in [3.63, 3.8) is 0 Å². The Hall–Kier alpha value is -0.157. The maximum atomic E-state index is 2.45. The first-order valence-corrected chi connectivity index (χ1v) is 7.23. The number of allylic oxidation sites excluding steroid dienone is 8.